The predicted octanol–water partition coefficient (Wildman–Crippen LogP) is 5.32. The van der Waals surface area contributed by atoms with E-state index >= 15 is 0 Å². The highest BCUT2D eigenvalue weighted by Crippen LogP contribution is 2.33. The Morgan fingerprint density at radius 1 is 1.06 bits per heavy atom. The van der Waals surface area contributed by atoms with Crippen LogP contribution in [-0.2, 0) is 16.1 Å². The van der Waals surface area contributed by atoms with Crippen molar-refractivity contribution in [2.24, 2.45) is 0 Å². The average molecular weight is 527 g/mol. The summed E-state index contributed by atoms with van der Waals surface area (Å²) in [5.41, 5.74) is 0.864. The average Bonchev–Trinajstić information content (AvgIpc) is 2.86. The number of nitrogens with one attached hydrogen (secondary N) is 1. The van der Waals surface area contributed by atoms with Gasteiger partial charge in [0, 0.05) is 12.6 Å². The molecule has 0 bridgehead atoms. The highest BCUT2D eigenvalue weighted by Gasteiger charge is 2.27. The molecule has 0 aromatic heterocycles. The molecule has 7 heteroatoms. The first-order valence-electron chi connectivity index (χ1n) is 11.4. The van der Waals surface area contributed by atoms with E-state index in [0.29, 0.717) is 11.5 Å². The molecule has 6 nitrogen and oxygen atoms in total. The fourth-order valence-electron chi connectivity index (χ4n) is 3.56. The van der Waals surface area contributed by atoms with E-state index in [1.165, 1.54) is 0 Å². The van der Waals surface area contributed by atoms with Crippen molar-refractivity contribution in [3.63, 3.8) is 0 Å². The number of halogens is 1. The number of hydrogen-bond acceptors (Lipinski definition) is 4. The lowest BCUT2D eigenvalue weighted by Gasteiger charge is -2.29. The van der Waals surface area contributed by atoms with E-state index in [9.17, 15) is 9.59 Å². The second-order valence-electron chi connectivity index (χ2n) is 8.25. The fraction of sp³-hybridized carbons (Fsp3) is 0.333. The molecule has 0 aliphatic rings. The lowest BCUT2D eigenvalue weighted by atomic mass is 10.1. The van der Waals surface area contributed by atoms with Crippen molar-refractivity contribution < 1.29 is 19.1 Å². The summed E-state index contributed by atoms with van der Waals surface area (Å²) in [5.74, 6) is 0.787. The van der Waals surface area contributed by atoms with Crippen LogP contribution in [0.5, 0.6) is 11.5 Å². The van der Waals surface area contributed by atoms with E-state index in [0.717, 1.165) is 27.2 Å². The minimum Gasteiger partial charge on any atom is -0.497 e. The van der Waals surface area contributed by atoms with Crippen molar-refractivity contribution in [2.45, 2.75) is 45.8 Å². The third kappa shape index (κ3) is 6.29. The van der Waals surface area contributed by atoms with Gasteiger partial charge in [-0.1, -0.05) is 49.4 Å². The number of methoxy groups -OCH3 is 1. The van der Waals surface area contributed by atoms with Gasteiger partial charge in [-0.05, 0) is 70.7 Å². The highest BCUT2D eigenvalue weighted by molar-refractivity contribution is 9.10. The van der Waals surface area contributed by atoms with Gasteiger partial charge in [0.05, 0.1) is 11.6 Å². The number of amides is 2. The molecule has 0 radical (unpaired) electrons. The molecule has 0 unspecified atom stereocenters. The van der Waals surface area contributed by atoms with Crippen LogP contribution in [0.1, 0.15) is 32.8 Å². The molecule has 0 saturated heterocycles. The summed E-state index contributed by atoms with van der Waals surface area (Å²) < 4.78 is 12.0. The number of carbonyl (C=O) groups is 2. The number of ether oxygens (including phenoxy) is 2. The molecule has 0 heterocycles. The summed E-state index contributed by atoms with van der Waals surface area (Å²) in [6.07, 6.45) is 0.807. The Kier molecular flexibility index (Phi) is 8.93. The third-order valence-electron chi connectivity index (χ3n) is 5.83. The number of benzene rings is 3. The summed E-state index contributed by atoms with van der Waals surface area (Å²) in [4.78, 5) is 27.7. The van der Waals surface area contributed by atoms with Crippen LogP contribution in [0.4, 0.5) is 0 Å². The number of carbonyl (C=O) groups excluding carboxylic acids is 2. The van der Waals surface area contributed by atoms with Crippen LogP contribution in [0.25, 0.3) is 10.8 Å². The standard InChI is InChI=1S/C27H31BrN2O4/c1-5-18(2)29-27(32)19(3)30(16-20-9-8-11-22(15-20)33-4)25(31)17-34-24-14-13-21-10-6-7-12-23(21)26(24)28/h6-15,18-19H,5,16-17H2,1-4H3,(H,29,32)/t18-,19+/m0/s1. The zero-order valence-corrected chi connectivity index (χ0v) is 21.6. The molecule has 0 spiro atoms. The van der Waals surface area contributed by atoms with Crippen molar-refractivity contribution >= 4 is 38.5 Å². The summed E-state index contributed by atoms with van der Waals surface area (Å²) in [6.45, 7) is 5.75. The molecule has 0 saturated carbocycles. The molecule has 0 aliphatic carbocycles. The molecule has 0 fully saturated rings. The normalized spacial score (nSPS) is 12.6. The van der Waals surface area contributed by atoms with Gasteiger partial charge in [0.2, 0.25) is 5.91 Å². The highest BCUT2D eigenvalue weighted by atomic mass is 79.9. The fourth-order valence-corrected chi connectivity index (χ4v) is 4.17. The molecule has 34 heavy (non-hydrogen) atoms. The van der Waals surface area contributed by atoms with Gasteiger partial charge in [0.1, 0.15) is 17.5 Å². The second-order valence-corrected chi connectivity index (χ2v) is 9.05. The molecule has 3 aromatic rings. The van der Waals surface area contributed by atoms with Gasteiger partial charge in [0.25, 0.3) is 5.91 Å². The first-order valence-corrected chi connectivity index (χ1v) is 12.2. The molecule has 180 valence electrons. The van der Waals surface area contributed by atoms with Gasteiger partial charge in [-0.3, -0.25) is 9.59 Å². The van der Waals surface area contributed by atoms with Gasteiger partial charge in [-0.15, -0.1) is 0 Å². The number of nitrogens with zero attached hydrogens (tertiary/aromatic N) is 1. The van der Waals surface area contributed by atoms with Crippen molar-refractivity contribution in [3.8, 4) is 11.5 Å². The van der Waals surface area contributed by atoms with Crippen molar-refractivity contribution in [2.75, 3.05) is 13.7 Å². The van der Waals surface area contributed by atoms with Crippen molar-refractivity contribution in [1.82, 2.24) is 10.2 Å². The molecule has 2 amide bonds. The molecule has 0 aliphatic heterocycles. The maximum absolute atomic E-state index is 13.3. The molecule has 1 N–H and O–H groups in total. The van der Waals surface area contributed by atoms with Crippen LogP contribution in [0.2, 0.25) is 0 Å². The second kappa shape index (κ2) is 11.9. The monoisotopic (exact) mass is 526 g/mol. The van der Waals surface area contributed by atoms with E-state index in [2.05, 4.69) is 21.2 Å². The zero-order valence-electron chi connectivity index (χ0n) is 20.0. The summed E-state index contributed by atoms with van der Waals surface area (Å²) >= 11 is 3.60. The number of fused-ring (bicyclic) bond motifs is 1. The quantitative estimate of drug-likeness (QED) is 0.388. The van der Waals surface area contributed by atoms with Crippen LogP contribution in [0, 0.1) is 0 Å². The van der Waals surface area contributed by atoms with E-state index < -0.39 is 6.04 Å². The first kappa shape index (κ1) is 25.6. The molecular weight excluding hydrogens is 496 g/mol. The Morgan fingerprint density at radius 2 is 1.82 bits per heavy atom. The molecular formula is C27H31BrN2O4. The SMILES string of the molecule is CC[C@H](C)NC(=O)[C@@H](C)N(Cc1cccc(OC)c1)C(=O)COc1ccc2ccccc2c1Br. The maximum atomic E-state index is 13.3. The van der Waals surface area contributed by atoms with Gasteiger partial charge in [-0.2, -0.15) is 0 Å². The Bertz CT molecular complexity index is 1150. The van der Waals surface area contributed by atoms with E-state index in [4.69, 9.17) is 9.47 Å². The van der Waals surface area contributed by atoms with Crippen LogP contribution in [0.15, 0.2) is 65.1 Å². The summed E-state index contributed by atoms with van der Waals surface area (Å²) in [7, 11) is 1.60. The van der Waals surface area contributed by atoms with Gasteiger partial charge in [0.15, 0.2) is 6.61 Å². The largest absolute Gasteiger partial charge is 0.497 e. The minimum atomic E-state index is -0.670. The number of rotatable bonds is 10. The molecule has 3 aromatic carbocycles. The zero-order chi connectivity index (χ0) is 24.7. The third-order valence-corrected chi connectivity index (χ3v) is 6.65. The van der Waals surface area contributed by atoms with Gasteiger partial charge in [-0.25, -0.2) is 0 Å². The van der Waals surface area contributed by atoms with Crippen LogP contribution < -0.4 is 14.8 Å². The first-order chi connectivity index (χ1) is 16.3. The Labute approximate surface area is 209 Å². The van der Waals surface area contributed by atoms with E-state index in [1.54, 1.807) is 18.9 Å². The van der Waals surface area contributed by atoms with Crippen LogP contribution >= 0.6 is 15.9 Å². The predicted molar refractivity (Wildman–Crippen MR) is 138 cm³/mol. The number of hydrogen-bond donors (Lipinski definition) is 1. The van der Waals surface area contributed by atoms with E-state index in [1.807, 2.05) is 74.5 Å². The van der Waals surface area contributed by atoms with Crippen molar-refractivity contribution in [1.29, 1.82) is 0 Å². The maximum Gasteiger partial charge on any atom is 0.261 e. The molecule has 3 rings (SSSR count). The lowest BCUT2D eigenvalue weighted by molar-refractivity contribution is -0.142. The molecule has 2 atom stereocenters. The lowest BCUT2D eigenvalue weighted by Crippen LogP contribution is -2.50. The van der Waals surface area contributed by atoms with Crippen LogP contribution in [-0.4, -0.2) is 42.5 Å². The van der Waals surface area contributed by atoms with Gasteiger partial charge >= 0.3 is 0 Å². The smallest absolute Gasteiger partial charge is 0.261 e. The van der Waals surface area contributed by atoms with Crippen molar-refractivity contribution in [3.05, 3.63) is 70.7 Å². The van der Waals surface area contributed by atoms with Gasteiger partial charge < -0.3 is 19.7 Å². The Hall–Kier alpha value is -3.06. The Balaban J connectivity index is 1.80. The minimum absolute atomic E-state index is 0.0218. The topological polar surface area (TPSA) is 67.9 Å². The Morgan fingerprint density at radius 3 is 2.56 bits per heavy atom. The van der Waals surface area contributed by atoms with Crippen LogP contribution in [0.3, 0.4) is 0 Å². The summed E-state index contributed by atoms with van der Waals surface area (Å²) in [6, 6.07) is 18.6. The summed E-state index contributed by atoms with van der Waals surface area (Å²) in [5, 5.41) is 5.04. The van der Waals surface area contributed by atoms with E-state index in [-0.39, 0.29) is 31.0 Å².